The van der Waals surface area contributed by atoms with Gasteiger partial charge in [0.15, 0.2) is 0 Å². The van der Waals surface area contributed by atoms with Crippen molar-refractivity contribution in [1.29, 1.82) is 0 Å². The number of nitrogens with one attached hydrogen (secondary N) is 2. The van der Waals surface area contributed by atoms with Crippen molar-refractivity contribution in [3.63, 3.8) is 0 Å². The Labute approximate surface area is 45.3 Å². The van der Waals surface area contributed by atoms with Crippen LogP contribution < -0.4 is 5.34 Å². The number of aromatic amines is 1. The second kappa shape index (κ2) is 5.61. The van der Waals surface area contributed by atoms with Gasteiger partial charge in [0.05, 0.1) is 6.33 Å². The Bertz CT molecular complexity index is 98.9. The van der Waals surface area contributed by atoms with Crippen molar-refractivity contribution in [2.45, 2.75) is 0 Å². The zero-order valence-electron chi connectivity index (χ0n) is 4.00. The van der Waals surface area contributed by atoms with E-state index in [9.17, 15) is 0 Å². The molecule has 0 aromatic carbocycles. The summed E-state index contributed by atoms with van der Waals surface area (Å²) in [4.78, 5) is 14.5. The molecule has 5 nitrogen and oxygen atoms in total. The molecule has 0 bridgehead atoms. The van der Waals surface area contributed by atoms with Gasteiger partial charge in [0.25, 0.3) is 0 Å². The molecule has 0 aliphatic heterocycles. The molecule has 8 heavy (non-hydrogen) atoms. The van der Waals surface area contributed by atoms with Crippen LogP contribution in [0.4, 0.5) is 0 Å². The third-order valence-corrected chi connectivity index (χ3v) is 0.406. The lowest BCUT2D eigenvalue weighted by Gasteiger charge is -1.46. The van der Waals surface area contributed by atoms with Crippen LogP contribution in [0.15, 0.2) is 18.7 Å². The predicted molar refractivity (Wildman–Crippen MR) is 26.3 cm³/mol. The molecular formula is C3H5N3O2. The van der Waals surface area contributed by atoms with Crippen molar-refractivity contribution in [2.75, 3.05) is 0 Å². The lowest BCUT2D eigenvalue weighted by atomic mass is 11.0. The van der Waals surface area contributed by atoms with Crippen LogP contribution in [0.5, 0.6) is 0 Å². The van der Waals surface area contributed by atoms with Crippen LogP contribution in [0.2, 0.25) is 0 Å². The lowest BCUT2D eigenvalue weighted by molar-refractivity contribution is -0.398. The second-order valence-corrected chi connectivity index (χ2v) is 0.844. The van der Waals surface area contributed by atoms with Crippen molar-refractivity contribution >= 4 is 0 Å². The van der Waals surface area contributed by atoms with E-state index >= 15 is 0 Å². The average molecular weight is 115 g/mol. The standard InChI is InChI=1S/C3H4N2.HNO2/c1-2-5-3-4-1;2-1-3/h1-3H,(H,4,5);1H. The highest BCUT2D eigenvalue weighted by Gasteiger charge is 1.56. The molecule has 0 saturated heterocycles. The summed E-state index contributed by atoms with van der Waals surface area (Å²) in [6, 6.07) is 0. The molecule has 0 atom stereocenters. The first-order chi connectivity index (χ1) is 3.91. The monoisotopic (exact) mass is 115 g/mol. The molecule has 0 radical (unpaired) electrons. The average Bonchev–Trinajstić information content (AvgIpc) is 2.17. The van der Waals surface area contributed by atoms with Gasteiger partial charge in [0, 0.05) is 17.7 Å². The smallest absolute Gasteiger partial charge is 0.0919 e. The van der Waals surface area contributed by atoms with Gasteiger partial charge in [-0.25, -0.2) is 4.98 Å². The number of imidazole rings is 1. The van der Waals surface area contributed by atoms with E-state index in [0.717, 1.165) is 0 Å². The van der Waals surface area contributed by atoms with Crippen molar-refractivity contribution in [3.05, 3.63) is 28.8 Å². The summed E-state index contributed by atoms with van der Waals surface area (Å²) in [5.41, 5.74) is 0. The predicted octanol–water partition coefficient (Wildman–Crippen LogP) is -1.26. The van der Waals surface area contributed by atoms with Crippen LogP contribution in [0.25, 0.3) is 0 Å². The highest BCUT2D eigenvalue weighted by atomic mass is 16.6. The lowest BCUT2D eigenvalue weighted by Crippen LogP contribution is -2.53. The molecule has 0 aliphatic carbocycles. The van der Waals surface area contributed by atoms with Gasteiger partial charge in [-0.1, -0.05) is 0 Å². The van der Waals surface area contributed by atoms with Gasteiger partial charge < -0.3 is 4.98 Å². The molecule has 1 rings (SSSR count). The van der Waals surface area contributed by atoms with Crippen molar-refractivity contribution in [1.82, 2.24) is 9.97 Å². The molecule has 0 unspecified atom stereocenters. The Morgan fingerprint density at radius 3 is 2.50 bits per heavy atom. The molecule has 0 fully saturated rings. The Morgan fingerprint density at radius 2 is 2.38 bits per heavy atom. The van der Waals surface area contributed by atoms with Gasteiger partial charge in [0.2, 0.25) is 0 Å². The Kier molecular flexibility index (Phi) is 4.64. The zero-order chi connectivity index (χ0) is 6.24. The van der Waals surface area contributed by atoms with E-state index in [-0.39, 0.29) is 5.34 Å². The number of hydrogen-bond acceptors (Lipinski definition) is 3. The maximum Gasteiger partial charge on any atom is 0.0919 e. The molecule has 1 heterocycles. The highest BCUT2D eigenvalue weighted by Crippen LogP contribution is 1.62. The Hall–Kier alpha value is -1.39. The summed E-state index contributed by atoms with van der Waals surface area (Å²) in [6.45, 7) is 0. The van der Waals surface area contributed by atoms with Crippen LogP contribution in [0.1, 0.15) is 0 Å². The van der Waals surface area contributed by atoms with Crippen LogP contribution >= 0.6 is 0 Å². The van der Waals surface area contributed by atoms with Gasteiger partial charge in [-0.3, -0.25) is 10.1 Å². The first kappa shape index (κ1) is 6.61. The number of H-pyrrole nitrogens is 1. The van der Waals surface area contributed by atoms with Gasteiger partial charge in [-0.15, -0.1) is 0 Å². The SMILES string of the molecule is O=[NH+][O-].c1c[nH]cn1. The molecule has 0 amide bonds. The maximum absolute atomic E-state index is 8.12. The Morgan fingerprint density at radius 1 is 1.75 bits per heavy atom. The van der Waals surface area contributed by atoms with E-state index in [0.29, 0.717) is 0 Å². The van der Waals surface area contributed by atoms with Gasteiger partial charge in [-0.2, -0.15) is 0 Å². The van der Waals surface area contributed by atoms with E-state index < -0.39 is 0 Å². The molecule has 0 spiro atoms. The fourth-order valence-corrected chi connectivity index (χ4v) is 0.215. The molecule has 1 aromatic heterocycles. The van der Waals surface area contributed by atoms with E-state index in [2.05, 4.69) is 9.97 Å². The topological polar surface area (TPSA) is 82.8 Å². The third kappa shape index (κ3) is 4.61. The van der Waals surface area contributed by atoms with Crippen LogP contribution in [0, 0.1) is 10.1 Å². The summed E-state index contributed by atoms with van der Waals surface area (Å²) >= 11 is 0. The summed E-state index contributed by atoms with van der Waals surface area (Å²) in [5.74, 6) is 0. The van der Waals surface area contributed by atoms with Crippen molar-refractivity contribution < 1.29 is 5.34 Å². The van der Waals surface area contributed by atoms with Crippen LogP contribution in [0.3, 0.4) is 0 Å². The minimum absolute atomic E-state index is 0.250. The Balaban J connectivity index is 0.000000145. The molecule has 1 aromatic rings. The summed E-state index contributed by atoms with van der Waals surface area (Å²) < 4.78 is 0. The van der Waals surface area contributed by atoms with Gasteiger partial charge >= 0.3 is 0 Å². The minimum atomic E-state index is 0.250. The summed E-state index contributed by atoms with van der Waals surface area (Å²) in [6.07, 6.45) is 5.08. The third-order valence-electron chi connectivity index (χ3n) is 0.406. The maximum atomic E-state index is 8.12. The fraction of sp³-hybridized carbons (Fsp3) is 0. The van der Waals surface area contributed by atoms with Crippen LogP contribution in [-0.4, -0.2) is 9.97 Å². The van der Waals surface area contributed by atoms with Crippen molar-refractivity contribution in [2.24, 2.45) is 0 Å². The number of aromatic nitrogens is 2. The molecule has 5 heteroatoms. The number of hydrogen-bond donors (Lipinski definition) is 2. The van der Waals surface area contributed by atoms with Gasteiger partial charge in [0.1, 0.15) is 0 Å². The quantitative estimate of drug-likeness (QED) is 0.327. The van der Waals surface area contributed by atoms with E-state index in [1.165, 1.54) is 0 Å². The van der Waals surface area contributed by atoms with Gasteiger partial charge in [-0.05, 0) is 0 Å². The first-order valence-electron chi connectivity index (χ1n) is 1.84. The minimum Gasteiger partial charge on any atom is -0.351 e. The first-order valence-corrected chi connectivity index (χ1v) is 1.84. The number of nitrogens with zero attached hydrogens (tertiary/aromatic N) is 1. The largest absolute Gasteiger partial charge is 0.351 e. The highest BCUT2D eigenvalue weighted by molar-refractivity contribution is 4.64. The zero-order valence-corrected chi connectivity index (χ0v) is 4.00. The van der Waals surface area contributed by atoms with E-state index in [1.54, 1.807) is 18.7 Å². The molecule has 44 valence electrons. The molecule has 0 saturated carbocycles. The molecule has 0 aliphatic rings. The summed E-state index contributed by atoms with van der Waals surface area (Å²) in [5, 5.41) is 8.38. The second-order valence-electron chi connectivity index (χ2n) is 0.844. The number of rotatable bonds is 0. The van der Waals surface area contributed by atoms with Crippen molar-refractivity contribution in [3.8, 4) is 0 Å². The molecular weight excluding hydrogens is 110 g/mol. The fourth-order valence-electron chi connectivity index (χ4n) is 0.215. The van der Waals surface area contributed by atoms with Crippen LogP contribution in [-0.2, 0) is 0 Å². The van der Waals surface area contributed by atoms with E-state index in [4.69, 9.17) is 10.1 Å². The summed E-state index contributed by atoms with van der Waals surface area (Å²) in [7, 11) is 0. The van der Waals surface area contributed by atoms with E-state index in [1.807, 2.05) is 0 Å². The normalized spacial score (nSPS) is 6.50. The molecule has 2 N–H and O–H groups in total.